The average molecular weight is 1070 g/mol. The molecule has 78 heavy (non-hydrogen) atoms. The van der Waals surface area contributed by atoms with Gasteiger partial charge in [0.05, 0.1) is 37.0 Å². The van der Waals surface area contributed by atoms with E-state index in [1.54, 1.807) is 52.2 Å². The smallest absolute Gasteiger partial charge is 0.246 e. The van der Waals surface area contributed by atoms with Crippen molar-refractivity contribution in [2.24, 2.45) is 10.8 Å². The van der Waals surface area contributed by atoms with Crippen LogP contribution in [0.2, 0.25) is 0 Å². The van der Waals surface area contributed by atoms with Gasteiger partial charge in [-0.25, -0.2) is 0 Å². The van der Waals surface area contributed by atoms with Crippen LogP contribution in [0, 0.1) is 10.8 Å². The van der Waals surface area contributed by atoms with Crippen LogP contribution in [0.4, 0.5) is 0 Å². The van der Waals surface area contributed by atoms with Crippen molar-refractivity contribution in [2.45, 2.75) is 180 Å². The van der Waals surface area contributed by atoms with Crippen LogP contribution in [-0.4, -0.2) is 133 Å². The van der Waals surface area contributed by atoms with Gasteiger partial charge in [0.1, 0.15) is 24.2 Å². The highest BCUT2D eigenvalue weighted by molar-refractivity contribution is 5.96. The minimum atomic E-state index is -0.952. The molecule has 0 unspecified atom stereocenters. The fourth-order valence-corrected chi connectivity index (χ4v) is 11.3. The van der Waals surface area contributed by atoms with Gasteiger partial charge in [0.25, 0.3) is 0 Å². The van der Waals surface area contributed by atoms with Crippen LogP contribution < -0.4 is 42.5 Å². The van der Waals surface area contributed by atoms with E-state index in [1.165, 1.54) is 20.9 Å². The zero-order valence-corrected chi connectivity index (χ0v) is 47.3. The van der Waals surface area contributed by atoms with Crippen LogP contribution in [0.5, 0.6) is 0 Å². The molecule has 422 valence electrons. The van der Waals surface area contributed by atoms with E-state index in [0.717, 1.165) is 49.7 Å². The van der Waals surface area contributed by atoms with Crippen molar-refractivity contribution in [1.82, 2.24) is 52.3 Å². The molecule has 18 heteroatoms. The largest absolute Gasteiger partial charge is 0.351 e. The van der Waals surface area contributed by atoms with Gasteiger partial charge in [-0.2, -0.15) is 0 Å². The maximum atomic E-state index is 14.6. The molecular weight excluding hydrogens is 989 g/mol. The first-order chi connectivity index (χ1) is 36.9. The molecule has 2 heterocycles. The van der Waals surface area contributed by atoms with Crippen molar-refractivity contribution in [3.05, 3.63) is 106 Å². The summed E-state index contributed by atoms with van der Waals surface area (Å²) in [5.74, 6) is -2.74. The first kappa shape index (κ1) is 59.0. The summed E-state index contributed by atoms with van der Waals surface area (Å²) in [6, 6.07) is 16.8. The van der Waals surface area contributed by atoms with E-state index in [-0.39, 0.29) is 86.3 Å². The standard InChI is InChI=1S/C60H84N10O8/c1-35(61-9)53(73)67-51(59(3,4)5)57(77)69-33-41(31-47(69)55(75)65-45-23-15-19-39-17-11-13-21-43(39)45)63-49(71)29-37-25-27-38(28-26-37)30-50(72)64-42-32-48(56(76)66-46-24-16-20-40-18-12-14-22-44(40)46)70(34-42)58(78)52(60(6,7)8)68-54(74)36(2)62-10/h11-14,17-18,21-22,25-28,35-36,41-42,45-48,51-52,61-62H,15-16,19-20,23-24,29-34H2,1-10H3,(H,63,71)(H,64,72)(H,65,75)(H,66,76)(H,67,73)(H,68,74)/t35-,36-,41-,42-,45+,46+,47-,48-,51+,52+/m0/s1. The van der Waals surface area contributed by atoms with Gasteiger partial charge in [-0.05, 0) is 124 Å². The fourth-order valence-electron chi connectivity index (χ4n) is 11.3. The highest BCUT2D eigenvalue weighted by Gasteiger charge is 2.48. The number of nitrogens with zero attached hydrogens (tertiary/aromatic N) is 2. The summed E-state index contributed by atoms with van der Waals surface area (Å²) in [5.41, 5.74) is 4.44. The predicted octanol–water partition coefficient (Wildman–Crippen LogP) is 3.61. The molecule has 0 saturated carbocycles. The highest BCUT2D eigenvalue weighted by atomic mass is 16.2. The number of likely N-dealkylation sites (N-methyl/N-ethyl adjacent to an activating group) is 2. The lowest BCUT2D eigenvalue weighted by Gasteiger charge is -2.36. The summed E-state index contributed by atoms with van der Waals surface area (Å²) in [7, 11) is 3.33. The van der Waals surface area contributed by atoms with E-state index >= 15 is 0 Å². The summed E-state index contributed by atoms with van der Waals surface area (Å²) in [5, 5.41) is 24.3. The normalized spacial score (nSPS) is 22.6. The lowest BCUT2D eigenvalue weighted by atomic mass is 9.85. The third-order valence-electron chi connectivity index (χ3n) is 16.1. The first-order valence-electron chi connectivity index (χ1n) is 27.9. The number of nitrogens with one attached hydrogen (secondary N) is 8. The monoisotopic (exact) mass is 1070 g/mol. The van der Waals surface area contributed by atoms with Crippen molar-refractivity contribution in [3.8, 4) is 0 Å². The number of fused-ring (bicyclic) bond motifs is 2. The maximum absolute atomic E-state index is 14.6. The van der Waals surface area contributed by atoms with Crippen LogP contribution in [0.15, 0.2) is 72.8 Å². The highest BCUT2D eigenvalue weighted by Crippen LogP contribution is 2.34. The number of likely N-dealkylation sites (tertiary alicyclic amines) is 2. The van der Waals surface area contributed by atoms with Gasteiger partial charge in [0, 0.05) is 25.2 Å². The van der Waals surface area contributed by atoms with E-state index in [4.69, 9.17) is 0 Å². The Morgan fingerprint density at radius 1 is 0.526 bits per heavy atom. The van der Waals surface area contributed by atoms with Crippen LogP contribution >= 0.6 is 0 Å². The van der Waals surface area contributed by atoms with Crippen LogP contribution in [-0.2, 0) is 64.0 Å². The maximum Gasteiger partial charge on any atom is 0.246 e. The molecule has 0 bridgehead atoms. The Bertz CT molecular complexity index is 2500. The molecule has 0 aromatic heterocycles. The van der Waals surface area contributed by atoms with Gasteiger partial charge in [0.2, 0.25) is 47.3 Å². The number of aryl methyl sites for hydroxylation is 2. The molecule has 4 aliphatic rings. The van der Waals surface area contributed by atoms with Crippen molar-refractivity contribution in [1.29, 1.82) is 0 Å². The Labute approximate surface area is 460 Å². The number of hydrogen-bond donors (Lipinski definition) is 8. The molecule has 2 aliphatic carbocycles. The number of carbonyl (C=O) groups is 8. The van der Waals surface area contributed by atoms with Crippen molar-refractivity contribution in [2.75, 3.05) is 27.2 Å². The predicted molar refractivity (Wildman–Crippen MR) is 298 cm³/mol. The molecule has 7 rings (SSSR count). The minimum Gasteiger partial charge on any atom is -0.351 e. The van der Waals surface area contributed by atoms with E-state index in [9.17, 15) is 38.4 Å². The van der Waals surface area contributed by atoms with Gasteiger partial charge in [-0.3, -0.25) is 38.4 Å². The van der Waals surface area contributed by atoms with Crippen LogP contribution in [0.3, 0.4) is 0 Å². The molecule has 0 radical (unpaired) electrons. The fraction of sp³-hybridized carbons (Fsp3) is 0.567. The summed E-state index contributed by atoms with van der Waals surface area (Å²) < 4.78 is 0. The SMILES string of the molecule is CN[C@@H](C)C(=O)N[C@H](C(=O)N1C[C@@H](NC(=O)Cc2ccc(CC(=O)N[C@H]3C[C@@H](C(=O)N[C@@H]4CCCc5ccccc54)N(C(=O)[C@@H](NC(=O)[C@H](C)NC)C(C)(C)C)C3)cc2)C[C@H]1C(=O)N[C@@H]1CCCc2ccccc21)C(C)(C)C. The van der Waals surface area contributed by atoms with Crippen LogP contribution in [0.25, 0.3) is 0 Å². The molecule has 8 amide bonds. The Morgan fingerprint density at radius 3 is 1.23 bits per heavy atom. The molecule has 2 aliphatic heterocycles. The third-order valence-corrected chi connectivity index (χ3v) is 16.1. The minimum absolute atomic E-state index is 0.000931. The molecule has 3 aromatic carbocycles. The molecule has 18 nitrogen and oxygen atoms in total. The number of amides is 8. The molecule has 8 N–H and O–H groups in total. The van der Waals surface area contributed by atoms with E-state index < -0.39 is 71.0 Å². The summed E-state index contributed by atoms with van der Waals surface area (Å²) in [4.78, 5) is 115. The molecule has 3 aromatic rings. The number of hydrogen-bond acceptors (Lipinski definition) is 10. The second-order valence-electron chi connectivity index (χ2n) is 24.1. The van der Waals surface area contributed by atoms with Gasteiger partial charge in [-0.15, -0.1) is 0 Å². The quantitative estimate of drug-likeness (QED) is 0.0922. The molecular formula is C60H84N10O8. The topological polar surface area (TPSA) is 239 Å². The van der Waals surface area contributed by atoms with Gasteiger partial charge >= 0.3 is 0 Å². The van der Waals surface area contributed by atoms with E-state index in [2.05, 4.69) is 54.7 Å². The number of carbonyl (C=O) groups excluding carboxylic acids is 8. The van der Waals surface area contributed by atoms with E-state index in [1.807, 2.05) is 77.9 Å². The molecule has 10 atom stereocenters. The van der Waals surface area contributed by atoms with Crippen molar-refractivity contribution in [3.63, 3.8) is 0 Å². The van der Waals surface area contributed by atoms with Crippen molar-refractivity contribution < 1.29 is 38.4 Å². The Morgan fingerprint density at radius 2 is 0.885 bits per heavy atom. The Hall–Kier alpha value is -6.66. The summed E-state index contributed by atoms with van der Waals surface area (Å²) in [6.07, 6.45) is 5.54. The van der Waals surface area contributed by atoms with Crippen LogP contribution in [0.1, 0.15) is 139 Å². The zero-order chi connectivity index (χ0) is 56.6. The second kappa shape index (κ2) is 25.4. The average Bonchev–Trinajstić information content (AvgIpc) is 4.14. The summed E-state index contributed by atoms with van der Waals surface area (Å²) in [6.45, 7) is 14.7. The first-order valence-corrected chi connectivity index (χ1v) is 27.9. The van der Waals surface area contributed by atoms with Gasteiger partial charge in [-0.1, -0.05) is 114 Å². The Kier molecular flexibility index (Phi) is 19.2. The van der Waals surface area contributed by atoms with Crippen molar-refractivity contribution >= 4 is 47.3 Å². The van der Waals surface area contributed by atoms with Gasteiger partial charge in [0.15, 0.2) is 0 Å². The molecule has 0 spiro atoms. The lowest BCUT2D eigenvalue weighted by Crippen LogP contribution is -2.59. The Balaban J connectivity index is 0.999. The van der Waals surface area contributed by atoms with E-state index in [0.29, 0.717) is 11.1 Å². The third kappa shape index (κ3) is 14.5. The zero-order valence-electron chi connectivity index (χ0n) is 47.3. The molecule has 2 fully saturated rings. The number of benzene rings is 3. The molecule has 2 saturated heterocycles. The van der Waals surface area contributed by atoms with Gasteiger partial charge < -0.3 is 52.3 Å². The lowest BCUT2D eigenvalue weighted by molar-refractivity contribution is -0.144. The number of rotatable bonds is 18. The second-order valence-corrected chi connectivity index (χ2v) is 24.1. The summed E-state index contributed by atoms with van der Waals surface area (Å²) >= 11 is 0.